The molecule has 0 bridgehead atoms. The highest BCUT2D eigenvalue weighted by Gasteiger charge is 2.07. The number of hydrogen-bond acceptors (Lipinski definition) is 2. The number of rotatable bonds is 9. The fourth-order valence-corrected chi connectivity index (χ4v) is 2.61. The van der Waals surface area contributed by atoms with Crippen molar-refractivity contribution in [1.82, 2.24) is 10.3 Å². The first-order chi connectivity index (χ1) is 8.76. The molecule has 3 heteroatoms. The lowest BCUT2D eigenvalue weighted by atomic mass is 10.0. The Morgan fingerprint density at radius 2 is 2.00 bits per heavy atom. The molecule has 1 atom stereocenters. The summed E-state index contributed by atoms with van der Waals surface area (Å²) in [6.45, 7) is 2.26. The molecule has 0 radical (unpaired) electrons. The highest BCUT2D eigenvalue weighted by Crippen LogP contribution is 2.14. The zero-order valence-corrected chi connectivity index (χ0v) is 13.2. The largest absolute Gasteiger partial charge is 0.317 e. The van der Waals surface area contributed by atoms with Crippen molar-refractivity contribution < 1.29 is 0 Å². The van der Waals surface area contributed by atoms with E-state index in [1.165, 1.54) is 44.1 Å². The fourth-order valence-electron chi connectivity index (χ4n) is 2.19. The van der Waals surface area contributed by atoms with Gasteiger partial charge in [0.1, 0.15) is 0 Å². The molecular weight excluding hydrogens is 288 g/mol. The first-order valence-corrected chi connectivity index (χ1v) is 7.82. The maximum Gasteiger partial charge on any atom is 0.0410 e. The summed E-state index contributed by atoms with van der Waals surface area (Å²) < 4.78 is 1.07. The van der Waals surface area contributed by atoms with Crippen LogP contribution in [0.25, 0.3) is 0 Å². The number of hydrogen-bond donors (Lipinski definition) is 1. The molecule has 0 spiro atoms. The molecule has 1 aromatic heterocycles. The molecule has 0 saturated carbocycles. The third-order valence-corrected chi connectivity index (χ3v) is 3.74. The lowest BCUT2D eigenvalue weighted by Crippen LogP contribution is -2.27. The minimum Gasteiger partial charge on any atom is -0.317 e. The van der Waals surface area contributed by atoms with E-state index in [0.29, 0.717) is 6.04 Å². The molecule has 1 heterocycles. The molecule has 0 saturated heterocycles. The molecule has 102 valence electrons. The van der Waals surface area contributed by atoms with Gasteiger partial charge in [0.05, 0.1) is 0 Å². The van der Waals surface area contributed by atoms with Crippen LogP contribution in [0.2, 0.25) is 0 Å². The van der Waals surface area contributed by atoms with Gasteiger partial charge in [-0.05, 0) is 47.4 Å². The highest BCUT2D eigenvalue weighted by molar-refractivity contribution is 9.10. The van der Waals surface area contributed by atoms with Crippen LogP contribution < -0.4 is 5.32 Å². The number of nitrogens with one attached hydrogen (secondary N) is 1. The monoisotopic (exact) mass is 312 g/mol. The summed E-state index contributed by atoms with van der Waals surface area (Å²) in [6, 6.07) is 2.73. The Morgan fingerprint density at radius 3 is 2.67 bits per heavy atom. The maximum atomic E-state index is 4.22. The van der Waals surface area contributed by atoms with E-state index >= 15 is 0 Å². The predicted molar refractivity (Wildman–Crippen MR) is 81.9 cm³/mol. The Bertz CT molecular complexity index is 328. The number of pyridine rings is 1. The van der Waals surface area contributed by atoms with Crippen LogP contribution in [0.5, 0.6) is 0 Å². The summed E-state index contributed by atoms with van der Waals surface area (Å²) >= 11 is 3.47. The van der Waals surface area contributed by atoms with Crippen molar-refractivity contribution in [1.29, 1.82) is 0 Å². The van der Waals surface area contributed by atoms with Crippen molar-refractivity contribution >= 4 is 15.9 Å². The number of aromatic nitrogens is 1. The normalized spacial score (nSPS) is 12.6. The van der Waals surface area contributed by atoms with Crippen LogP contribution in [0.4, 0.5) is 0 Å². The van der Waals surface area contributed by atoms with Gasteiger partial charge in [-0.2, -0.15) is 0 Å². The van der Waals surface area contributed by atoms with E-state index in [4.69, 9.17) is 0 Å². The molecule has 0 aliphatic carbocycles. The van der Waals surface area contributed by atoms with Gasteiger partial charge in [-0.3, -0.25) is 4.98 Å². The SMILES string of the molecule is CCCCCCCC(Cc1cncc(Br)c1)NC. The first kappa shape index (κ1) is 15.6. The van der Waals surface area contributed by atoms with Gasteiger partial charge in [0.25, 0.3) is 0 Å². The Morgan fingerprint density at radius 1 is 1.22 bits per heavy atom. The topological polar surface area (TPSA) is 24.9 Å². The zero-order valence-electron chi connectivity index (χ0n) is 11.6. The van der Waals surface area contributed by atoms with E-state index in [1.54, 1.807) is 0 Å². The first-order valence-electron chi connectivity index (χ1n) is 7.03. The van der Waals surface area contributed by atoms with Gasteiger partial charge in [0.2, 0.25) is 0 Å². The van der Waals surface area contributed by atoms with Crippen LogP contribution in [-0.2, 0) is 6.42 Å². The smallest absolute Gasteiger partial charge is 0.0410 e. The number of unbranched alkanes of at least 4 members (excludes halogenated alkanes) is 4. The molecule has 1 rings (SSSR count). The standard InChI is InChI=1S/C15H25BrN2/c1-3-4-5-6-7-8-15(17-2)10-13-9-14(16)12-18-11-13/h9,11-12,15,17H,3-8,10H2,1-2H3. The van der Waals surface area contributed by atoms with E-state index in [0.717, 1.165) is 10.9 Å². The van der Waals surface area contributed by atoms with Gasteiger partial charge in [-0.15, -0.1) is 0 Å². The Kier molecular flexibility index (Phi) is 8.27. The van der Waals surface area contributed by atoms with Crippen LogP contribution in [0.3, 0.4) is 0 Å². The van der Waals surface area contributed by atoms with E-state index < -0.39 is 0 Å². The molecule has 2 nitrogen and oxygen atoms in total. The van der Waals surface area contributed by atoms with Gasteiger partial charge < -0.3 is 5.32 Å². The molecule has 0 aliphatic heterocycles. The van der Waals surface area contributed by atoms with E-state index in [9.17, 15) is 0 Å². The molecule has 18 heavy (non-hydrogen) atoms. The minimum atomic E-state index is 0.572. The van der Waals surface area contributed by atoms with Crippen molar-refractivity contribution in [2.45, 2.75) is 57.9 Å². The second-order valence-electron chi connectivity index (χ2n) is 4.90. The quantitative estimate of drug-likeness (QED) is 0.686. The van der Waals surface area contributed by atoms with Gasteiger partial charge in [-0.1, -0.05) is 39.0 Å². The summed E-state index contributed by atoms with van der Waals surface area (Å²) in [5.74, 6) is 0. The predicted octanol–water partition coefficient (Wildman–Crippen LogP) is 4.34. The Balaban J connectivity index is 2.28. The van der Waals surface area contributed by atoms with Gasteiger partial charge in [-0.25, -0.2) is 0 Å². The number of likely N-dealkylation sites (N-methyl/N-ethyl adjacent to an activating group) is 1. The van der Waals surface area contributed by atoms with Gasteiger partial charge >= 0.3 is 0 Å². The third kappa shape index (κ3) is 6.50. The molecule has 1 N–H and O–H groups in total. The van der Waals surface area contributed by atoms with E-state index in [2.05, 4.69) is 46.3 Å². The average molecular weight is 313 g/mol. The fraction of sp³-hybridized carbons (Fsp3) is 0.667. The van der Waals surface area contributed by atoms with Crippen LogP contribution >= 0.6 is 15.9 Å². The highest BCUT2D eigenvalue weighted by atomic mass is 79.9. The number of nitrogens with zero attached hydrogens (tertiary/aromatic N) is 1. The molecule has 0 aliphatic rings. The summed E-state index contributed by atoms with van der Waals surface area (Å²) in [6.07, 6.45) is 12.9. The van der Waals surface area contributed by atoms with Crippen molar-refractivity contribution in [3.8, 4) is 0 Å². The zero-order chi connectivity index (χ0) is 13.2. The maximum absolute atomic E-state index is 4.22. The van der Waals surface area contributed by atoms with Crippen LogP contribution in [0, 0.1) is 0 Å². The molecule has 1 unspecified atom stereocenters. The molecular formula is C15H25BrN2. The second-order valence-corrected chi connectivity index (χ2v) is 5.82. The molecule has 0 fully saturated rings. The molecule has 0 amide bonds. The minimum absolute atomic E-state index is 0.572. The van der Waals surface area contributed by atoms with Crippen molar-refractivity contribution in [2.24, 2.45) is 0 Å². The Hall–Kier alpha value is -0.410. The number of halogens is 1. The van der Waals surface area contributed by atoms with E-state index in [1.807, 2.05) is 12.4 Å². The van der Waals surface area contributed by atoms with Gasteiger partial charge in [0, 0.05) is 22.9 Å². The van der Waals surface area contributed by atoms with Crippen LogP contribution in [0.1, 0.15) is 51.0 Å². The molecule has 0 aromatic carbocycles. The van der Waals surface area contributed by atoms with Crippen molar-refractivity contribution in [3.63, 3.8) is 0 Å². The second kappa shape index (κ2) is 9.51. The summed E-state index contributed by atoms with van der Waals surface area (Å²) in [4.78, 5) is 4.22. The lowest BCUT2D eigenvalue weighted by Gasteiger charge is -2.16. The molecule has 1 aromatic rings. The summed E-state index contributed by atoms with van der Waals surface area (Å²) in [5.41, 5.74) is 1.30. The Labute approximate surface area is 120 Å². The summed E-state index contributed by atoms with van der Waals surface area (Å²) in [5, 5.41) is 3.42. The average Bonchev–Trinajstić information content (AvgIpc) is 2.37. The van der Waals surface area contributed by atoms with Crippen LogP contribution in [0.15, 0.2) is 22.9 Å². The van der Waals surface area contributed by atoms with Crippen molar-refractivity contribution in [3.05, 3.63) is 28.5 Å². The van der Waals surface area contributed by atoms with Gasteiger partial charge in [0.15, 0.2) is 0 Å². The third-order valence-electron chi connectivity index (χ3n) is 3.31. The van der Waals surface area contributed by atoms with Crippen molar-refractivity contribution in [2.75, 3.05) is 7.05 Å². The lowest BCUT2D eigenvalue weighted by molar-refractivity contribution is 0.481. The van der Waals surface area contributed by atoms with Crippen LogP contribution in [-0.4, -0.2) is 18.1 Å². The summed E-state index contributed by atoms with van der Waals surface area (Å²) in [7, 11) is 2.06. The van der Waals surface area contributed by atoms with E-state index in [-0.39, 0.29) is 0 Å².